The van der Waals surface area contributed by atoms with E-state index in [2.05, 4.69) is 52.2 Å². The summed E-state index contributed by atoms with van der Waals surface area (Å²) in [6.07, 6.45) is 2.04. The molecule has 0 aromatic heterocycles. The summed E-state index contributed by atoms with van der Waals surface area (Å²) >= 11 is 4.01. The molecule has 0 unspecified atom stereocenters. The van der Waals surface area contributed by atoms with Crippen molar-refractivity contribution in [2.75, 3.05) is 12.0 Å². The molecule has 1 aromatic rings. The van der Waals surface area contributed by atoms with Crippen molar-refractivity contribution in [3.05, 3.63) is 33.4 Å². The Hall–Kier alpha value is -0.230. The molecule has 1 atom stereocenters. The van der Waals surface area contributed by atoms with Crippen molar-refractivity contribution >= 4 is 40.3 Å². The Balaban J connectivity index is 2.78. The Bertz CT molecular complexity index is 326. The van der Waals surface area contributed by atoms with Crippen LogP contribution >= 0.6 is 34.4 Å². The molecule has 0 aliphatic rings. The molecule has 2 nitrogen and oxygen atoms in total. The Morgan fingerprint density at radius 1 is 1.47 bits per heavy atom. The molecular weight excluding hydrogens is 321 g/mol. The summed E-state index contributed by atoms with van der Waals surface area (Å²) in [4.78, 5) is 11.0. The van der Waals surface area contributed by atoms with Crippen LogP contribution in [-0.4, -0.2) is 17.9 Å². The van der Waals surface area contributed by atoms with Gasteiger partial charge in [0.15, 0.2) is 0 Å². The fraction of sp³-hybridized carbons (Fsp3) is 0.364. The molecule has 4 heteroatoms. The Morgan fingerprint density at radius 3 is 2.53 bits per heavy atom. The molecule has 0 fully saturated rings. The van der Waals surface area contributed by atoms with Gasteiger partial charge in [0.2, 0.25) is 5.91 Å². The molecule has 0 spiro atoms. The highest BCUT2D eigenvalue weighted by Crippen LogP contribution is 2.18. The van der Waals surface area contributed by atoms with Crippen molar-refractivity contribution in [2.45, 2.75) is 13.0 Å². The molecular formula is C11H14INOS. The second-order valence-corrected chi connectivity index (χ2v) is 5.42. The Labute approximate surface area is 108 Å². The zero-order valence-corrected chi connectivity index (χ0v) is 11.8. The quantitative estimate of drug-likeness (QED) is 0.858. The van der Waals surface area contributed by atoms with E-state index in [1.165, 1.54) is 9.13 Å². The van der Waals surface area contributed by atoms with Crippen molar-refractivity contribution in [2.24, 2.45) is 0 Å². The van der Waals surface area contributed by atoms with Crippen LogP contribution in [0.2, 0.25) is 0 Å². The smallest absolute Gasteiger partial charge is 0.217 e. The fourth-order valence-corrected chi connectivity index (χ4v) is 2.30. The van der Waals surface area contributed by atoms with Crippen LogP contribution in [0.15, 0.2) is 24.3 Å². The third-order valence-electron chi connectivity index (χ3n) is 1.98. The zero-order chi connectivity index (χ0) is 11.3. The second kappa shape index (κ2) is 6.37. The van der Waals surface area contributed by atoms with Gasteiger partial charge in [-0.1, -0.05) is 12.1 Å². The van der Waals surface area contributed by atoms with Gasteiger partial charge >= 0.3 is 0 Å². The largest absolute Gasteiger partial charge is 0.349 e. The predicted octanol–water partition coefficient (Wildman–Crippen LogP) is 2.83. The third-order valence-corrected chi connectivity index (χ3v) is 3.37. The van der Waals surface area contributed by atoms with E-state index in [0.29, 0.717) is 0 Å². The normalized spacial score (nSPS) is 12.2. The van der Waals surface area contributed by atoms with Crippen LogP contribution in [0.4, 0.5) is 0 Å². The van der Waals surface area contributed by atoms with Gasteiger partial charge in [0.1, 0.15) is 0 Å². The van der Waals surface area contributed by atoms with E-state index >= 15 is 0 Å². The number of halogens is 1. The first-order valence-electron chi connectivity index (χ1n) is 4.65. The average molecular weight is 335 g/mol. The van der Waals surface area contributed by atoms with Gasteiger partial charge in [0, 0.05) is 16.2 Å². The lowest BCUT2D eigenvalue weighted by atomic mass is 10.1. The first kappa shape index (κ1) is 12.8. The molecule has 0 radical (unpaired) electrons. The summed E-state index contributed by atoms with van der Waals surface area (Å²) in [6, 6.07) is 8.38. The monoisotopic (exact) mass is 335 g/mol. The molecule has 1 N–H and O–H groups in total. The predicted molar refractivity (Wildman–Crippen MR) is 74.1 cm³/mol. The molecule has 0 saturated heterocycles. The maximum absolute atomic E-state index is 11.0. The van der Waals surface area contributed by atoms with E-state index in [4.69, 9.17) is 0 Å². The van der Waals surface area contributed by atoms with E-state index in [1.54, 1.807) is 18.7 Å². The summed E-state index contributed by atoms with van der Waals surface area (Å²) in [5.41, 5.74) is 1.17. The van der Waals surface area contributed by atoms with Crippen molar-refractivity contribution < 1.29 is 4.79 Å². The van der Waals surface area contributed by atoms with Gasteiger partial charge in [-0.15, -0.1) is 0 Å². The average Bonchev–Trinajstić information content (AvgIpc) is 2.17. The molecule has 0 heterocycles. The number of nitrogens with one attached hydrogen (secondary N) is 1. The summed E-state index contributed by atoms with van der Waals surface area (Å²) < 4.78 is 1.21. The molecule has 1 aromatic carbocycles. The number of benzene rings is 1. The number of hydrogen-bond donors (Lipinski definition) is 1. The second-order valence-electron chi connectivity index (χ2n) is 3.26. The van der Waals surface area contributed by atoms with E-state index in [-0.39, 0.29) is 11.9 Å². The molecule has 82 valence electrons. The van der Waals surface area contributed by atoms with Gasteiger partial charge in [0.25, 0.3) is 0 Å². The lowest BCUT2D eigenvalue weighted by Crippen LogP contribution is -2.27. The molecule has 0 aliphatic heterocycles. The van der Waals surface area contributed by atoms with Crippen LogP contribution in [-0.2, 0) is 4.79 Å². The Morgan fingerprint density at radius 2 is 2.07 bits per heavy atom. The van der Waals surface area contributed by atoms with Crippen LogP contribution in [0.1, 0.15) is 18.5 Å². The molecule has 0 aliphatic carbocycles. The summed E-state index contributed by atoms with van der Waals surface area (Å²) in [7, 11) is 0. The maximum atomic E-state index is 11.0. The first-order chi connectivity index (χ1) is 7.13. The van der Waals surface area contributed by atoms with Crippen LogP contribution < -0.4 is 5.32 Å². The SMILES string of the molecule is CSC[C@@H](NC(C)=O)c1ccc(I)cc1. The lowest BCUT2D eigenvalue weighted by molar-refractivity contribution is -0.119. The van der Waals surface area contributed by atoms with E-state index in [0.717, 1.165) is 5.75 Å². The number of carbonyl (C=O) groups is 1. The van der Waals surface area contributed by atoms with Crippen molar-refractivity contribution in [1.82, 2.24) is 5.32 Å². The number of rotatable bonds is 4. The van der Waals surface area contributed by atoms with Gasteiger partial charge in [-0.3, -0.25) is 4.79 Å². The van der Waals surface area contributed by atoms with Gasteiger partial charge in [0.05, 0.1) is 6.04 Å². The molecule has 1 rings (SSSR count). The Kier molecular flexibility index (Phi) is 5.45. The minimum absolute atomic E-state index is 0.0209. The third kappa shape index (κ3) is 4.42. The van der Waals surface area contributed by atoms with Crippen LogP contribution in [0.25, 0.3) is 0 Å². The van der Waals surface area contributed by atoms with E-state index < -0.39 is 0 Å². The summed E-state index contributed by atoms with van der Waals surface area (Å²) in [5, 5.41) is 2.95. The first-order valence-corrected chi connectivity index (χ1v) is 7.12. The highest BCUT2D eigenvalue weighted by molar-refractivity contribution is 14.1. The summed E-state index contributed by atoms with van der Waals surface area (Å²) in [6.45, 7) is 1.56. The molecule has 15 heavy (non-hydrogen) atoms. The molecule has 0 bridgehead atoms. The van der Waals surface area contributed by atoms with Crippen molar-refractivity contribution in [1.29, 1.82) is 0 Å². The highest BCUT2D eigenvalue weighted by Gasteiger charge is 2.11. The van der Waals surface area contributed by atoms with Crippen LogP contribution in [0.5, 0.6) is 0 Å². The summed E-state index contributed by atoms with van der Waals surface area (Å²) in [5.74, 6) is 0.924. The minimum atomic E-state index is 0.0209. The van der Waals surface area contributed by atoms with E-state index in [9.17, 15) is 4.79 Å². The van der Waals surface area contributed by atoms with Crippen LogP contribution in [0.3, 0.4) is 0 Å². The number of hydrogen-bond acceptors (Lipinski definition) is 2. The topological polar surface area (TPSA) is 29.1 Å². The molecule has 1 amide bonds. The minimum Gasteiger partial charge on any atom is -0.349 e. The van der Waals surface area contributed by atoms with Gasteiger partial charge in [-0.05, 0) is 46.5 Å². The van der Waals surface area contributed by atoms with Gasteiger partial charge in [-0.25, -0.2) is 0 Å². The number of thioether (sulfide) groups is 1. The van der Waals surface area contributed by atoms with Crippen LogP contribution in [0, 0.1) is 3.57 Å². The van der Waals surface area contributed by atoms with Crippen molar-refractivity contribution in [3.8, 4) is 0 Å². The van der Waals surface area contributed by atoms with E-state index in [1.807, 2.05) is 6.26 Å². The number of carbonyl (C=O) groups excluding carboxylic acids is 1. The number of amides is 1. The maximum Gasteiger partial charge on any atom is 0.217 e. The van der Waals surface area contributed by atoms with Gasteiger partial charge in [-0.2, -0.15) is 11.8 Å². The highest BCUT2D eigenvalue weighted by atomic mass is 127. The molecule has 0 saturated carbocycles. The van der Waals surface area contributed by atoms with Gasteiger partial charge < -0.3 is 5.32 Å². The fourth-order valence-electron chi connectivity index (χ4n) is 1.33. The zero-order valence-electron chi connectivity index (χ0n) is 8.79. The lowest BCUT2D eigenvalue weighted by Gasteiger charge is -2.17. The van der Waals surface area contributed by atoms with Crippen molar-refractivity contribution in [3.63, 3.8) is 0 Å². The standard InChI is InChI=1S/C11H14INOS/c1-8(14)13-11(7-15-2)9-3-5-10(12)6-4-9/h3-6,11H,7H2,1-2H3,(H,13,14)/t11-/m1/s1.